The Bertz CT molecular complexity index is 1250. The largest absolute Gasteiger partial charge is 0.457 e. The van der Waals surface area contributed by atoms with Crippen molar-refractivity contribution in [1.82, 2.24) is 9.88 Å². The van der Waals surface area contributed by atoms with E-state index >= 15 is 0 Å². The standard InChI is InChI=1S/C20H12F3N3O4/c21-20(22,23)13-8-11(30-10-4-2-1-3-5-10)6-7-14(13)26-15(27)9-12-16(17(26)24)19(29)25-18(12)28/h1-9H,24H2,(H,25,28,29). The SMILES string of the molecule is Nc1c2c(cc(=O)n1-c1ccc(Oc3ccccc3)cc1C(F)(F)F)C(=O)NC2=O. The van der Waals surface area contributed by atoms with Crippen LogP contribution in [-0.2, 0) is 6.18 Å². The molecule has 1 aliphatic heterocycles. The third-order valence-electron chi connectivity index (χ3n) is 4.45. The van der Waals surface area contributed by atoms with Crippen LogP contribution in [-0.4, -0.2) is 16.4 Å². The molecule has 0 atom stereocenters. The number of nitrogens with zero attached hydrogens (tertiary/aromatic N) is 1. The minimum Gasteiger partial charge on any atom is -0.457 e. The molecule has 0 saturated heterocycles. The molecule has 2 aromatic carbocycles. The number of pyridine rings is 1. The van der Waals surface area contributed by atoms with Crippen LogP contribution in [0.5, 0.6) is 11.5 Å². The Balaban J connectivity index is 1.90. The van der Waals surface area contributed by atoms with E-state index in [1.807, 2.05) is 5.32 Å². The van der Waals surface area contributed by atoms with Crippen molar-refractivity contribution in [3.63, 3.8) is 0 Å². The average molecular weight is 415 g/mol. The lowest BCUT2D eigenvalue weighted by molar-refractivity contribution is -0.137. The number of imide groups is 1. The fourth-order valence-electron chi connectivity index (χ4n) is 3.15. The highest BCUT2D eigenvalue weighted by Gasteiger charge is 2.37. The van der Waals surface area contributed by atoms with Gasteiger partial charge in [-0.05, 0) is 30.3 Å². The highest BCUT2D eigenvalue weighted by molar-refractivity contribution is 6.23. The number of para-hydroxylation sites is 1. The molecule has 0 saturated carbocycles. The third kappa shape index (κ3) is 3.17. The van der Waals surface area contributed by atoms with Gasteiger partial charge < -0.3 is 10.5 Å². The number of carbonyl (C=O) groups excluding carboxylic acids is 2. The quantitative estimate of drug-likeness (QED) is 0.640. The van der Waals surface area contributed by atoms with Gasteiger partial charge in [-0.1, -0.05) is 18.2 Å². The Morgan fingerprint density at radius 1 is 0.900 bits per heavy atom. The minimum atomic E-state index is -4.87. The number of benzene rings is 2. The maximum absolute atomic E-state index is 13.8. The van der Waals surface area contributed by atoms with Crippen LogP contribution in [0.3, 0.4) is 0 Å². The Hall–Kier alpha value is -4.08. The second-order valence-electron chi connectivity index (χ2n) is 6.37. The van der Waals surface area contributed by atoms with Crippen LogP contribution in [0, 0.1) is 0 Å². The number of halogens is 3. The van der Waals surface area contributed by atoms with Crippen LogP contribution in [0.2, 0.25) is 0 Å². The summed E-state index contributed by atoms with van der Waals surface area (Å²) in [6.07, 6.45) is -4.87. The van der Waals surface area contributed by atoms with Crippen molar-refractivity contribution in [1.29, 1.82) is 0 Å². The van der Waals surface area contributed by atoms with Gasteiger partial charge >= 0.3 is 6.18 Å². The van der Waals surface area contributed by atoms with E-state index in [-0.39, 0.29) is 16.9 Å². The Morgan fingerprint density at radius 2 is 1.60 bits per heavy atom. The molecule has 0 unspecified atom stereocenters. The maximum Gasteiger partial charge on any atom is 0.418 e. The van der Waals surface area contributed by atoms with Crippen molar-refractivity contribution in [3.05, 3.63) is 81.6 Å². The number of hydrogen-bond acceptors (Lipinski definition) is 5. The van der Waals surface area contributed by atoms with Crippen LogP contribution >= 0.6 is 0 Å². The van der Waals surface area contributed by atoms with E-state index in [0.29, 0.717) is 10.3 Å². The minimum absolute atomic E-state index is 0.113. The molecule has 0 fully saturated rings. The number of aromatic nitrogens is 1. The van der Waals surface area contributed by atoms with Crippen molar-refractivity contribution in [3.8, 4) is 17.2 Å². The number of anilines is 1. The summed E-state index contributed by atoms with van der Waals surface area (Å²) in [5, 5.41) is 1.96. The number of nitrogens with two attached hydrogens (primary N) is 1. The highest BCUT2D eigenvalue weighted by Crippen LogP contribution is 2.38. The van der Waals surface area contributed by atoms with Gasteiger partial charge in [0.05, 0.1) is 22.4 Å². The number of amides is 2. The fraction of sp³-hybridized carbons (Fsp3) is 0.0500. The van der Waals surface area contributed by atoms with Crippen LogP contribution in [0.4, 0.5) is 19.0 Å². The summed E-state index contributed by atoms with van der Waals surface area (Å²) in [5.41, 5.74) is 2.43. The van der Waals surface area contributed by atoms with Crippen molar-refractivity contribution < 1.29 is 27.5 Å². The first-order valence-corrected chi connectivity index (χ1v) is 8.52. The molecule has 2 amide bonds. The van der Waals surface area contributed by atoms with Gasteiger partial charge in [0.2, 0.25) is 0 Å². The Kier molecular flexibility index (Phi) is 4.34. The normalized spacial score (nSPS) is 13.2. The average Bonchev–Trinajstić information content (AvgIpc) is 2.96. The molecule has 10 heteroatoms. The molecule has 152 valence electrons. The molecule has 30 heavy (non-hydrogen) atoms. The van der Waals surface area contributed by atoms with Gasteiger partial charge in [0.1, 0.15) is 17.3 Å². The molecule has 3 N–H and O–H groups in total. The number of fused-ring (bicyclic) bond motifs is 1. The summed E-state index contributed by atoms with van der Waals surface area (Å²) in [6.45, 7) is 0. The zero-order valence-corrected chi connectivity index (χ0v) is 15.0. The van der Waals surface area contributed by atoms with E-state index < -0.39 is 40.6 Å². The number of rotatable bonds is 3. The topological polar surface area (TPSA) is 103 Å². The molecule has 0 aliphatic carbocycles. The molecule has 3 aromatic rings. The number of carbonyl (C=O) groups is 2. The summed E-state index contributed by atoms with van der Waals surface area (Å²) in [4.78, 5) is 36.2. The molecule has 0 bridgehead atoms. The van der Waals surface area contributed by atoms with Crippen molar-refractivity contribution in [2.45, 2.75) is 6.18 Å². The summed E-state index contributed by atoms with van der Waals surface area (Å²) in [6, 6.07) is 11.9. The number of nitrogen functional groups attached to an aromatic ring is 1. The van der Waals surface area contributed by atoms with Gasteiger partial charge in [-0.3, -0.25) is 24.3 Å². The molecule has 4 rings (SSSR count). The molecule has 7 nitrogen and oxygen atoms in total. The first kappa shape index (κ1) is 19.2. The molecule has 1 aliphatic rings. The van der Waals surface area contributed by atoms with Crippen LogP contribution < -0.4 is 21.3 Å². The first-order valence-electron chi connectivity index (χ1n) is 8.52. The van der Waals surface area contributed by atoms with Crippen molar-refractivity contribution >= 4 is 17.6 Å². The molecular weight excluding hydrogens is 403 g/mol. The number of ether oxygens (including phenoxy) is 1. The predicted molar refractivity (Wildman–Crippen MR) is 99.8 cm³/mol. The van der Waals surface area contributed by atoms with Gasteiger partial charge in [-0.15, -0.1) is 0 Å². The van der Waals surface area contributed by atoms with Gasteiger partial charge in [0.15, 0.2) is 0 Å². The number of alkyl halides is 3. The molecular formula is C20H12F3N3O4. The van der Waals surface area contributed by atoms with Crippen LogP contribution in [0.1, 0.15) is 26.3 Å². The second-order valence-corrected chi connectivity index (χ2v) is 6.37. The maximum atomic E-state index is 13.8. The monoisotopic (exact) mass is 415 g/mol. The van der Waals surface area contributed by atoms with E-state index in [1.165, 1.54) is 6.07 Å². The zero-order valence-electron chi connectivity index (χ0n) is 15.0. The molecule has 0 spiro atoms. The van der Waals surface area contributed by atoms with E-state index in [2.05, 4.69) is 0 Å². The van der Waals surface area contributed by atoms with E-state index in [0.717, 1.165) is 18.2 Å². The summed E-state index contributed by atoms with van der Waals surface area (Å²) in [5.74, 6) is -2.09. The number of hydrogen-bond donors (Lipinski definition) is 2. The fourth-order valence-corrected chi connectivity index (χ4v) is 3.15. The highest BCUT2D eigenvalue weighted by atomic mass is 19.4. The molecule has 0 radical (unpaired) electrons. The van der Waals surface area contributed by atoms with Gasteiger partial charge in [-0.25, -0.2) is 0 Å². The lowest BCUT2D eigenvalue weighted by Gasteiger charge is -2.18. The summed E-state index contributed by atoms with van der Waals surface area (Å²) in [7, 11) is 0. The van der Waals surface area contributed by atoms with Crippen molar-refractivity contribution in [2.75, 3.05) is 5.73 Å². The number of nitrogens with one attached hydrogen (secondary N) is 1. The molecule has 2 heterocycles. The van der Waals surface area contributed by atoms with E-state index in [1.54, 1.807) is 30.3 Å². The third-order valence-corrected chi connectivity index (χ3v) is 4.45. The summed E-state index contributed by atoms with van der Waals surface area (Å²) < 4.78 is 47.3. The van der Waals surface area contributed by atoms with Gasteiger partial charge in [0, 0.05) is 6.07 Å². The Morgan fingerprint density at radius 3 is 2.27 bits per heavy atom. The van der Waals surface area contributed by atoms with E-state index in [4.69, 9.17) is 10.5 Å². The first-order chi connectivity index (χ1) is 14.2. The van der Waals surface area contributed by atoms with Crippen LogP contribution in [0.15, 0.2) is 59.4 Å². The predicted octanol–water partition coefficient (Wildman–Crippen LogP) is 3.11. The van der Waals surface area contributed by atoms with Gasteiger partial charge in [-0.2, -0.15) is 13.2 Å². The smallest absolute Gasteiger partial charge is 0.418 e. The lowest BCUT2D eigenvalue weighted by Crippen LogP contribution is -2.26. The van der Waals surface area contributed by atoms with E-state index in [9.17, 15) is 27.6 Å². The van der Waals surface area contributed by atoms with Gasteiger partial charge in [0.25, 0.3) is 17.4 Å². The Labute approximate surface area is 166 Å². The molecule has 1 aromatic heterocycles. The lowest BCUT2D eigenvalue weighted by atomic mass is 10.1. The summed E-state index contributed by atoms with van der Waals surface area (Å²) >= 11 is 0. The van der Waals surface area contributed by atoms with Crippen molar-refractivity contribution in [2.24, 2.45) is 0 Å². The second kappa shape index (κ2) is 6.76. The van der Waals surface area contributed by atoms with Crippen LogP contribution in [0.25, 0.3) is 5.69 Å². The zero-order chi connectivity index (χ0) is 21.6.